The maximum atomic E-state index is 12.4. The van der Waals surface area contributed by atoms with Crippen molar-refractivity contribution in [3.63, 3.8) is 0 Å². The minimum atomic E-state index is -4.10. The highest BCUT2D eigenvalue weighted by molar-refractivity contribution is 14.0. The Morgan fingerprint density at radius 1 is 1.21 bits per heavy atom. The van der Waals surface area contributed by atoms with Crippen LogP contribution in [0.5, 0.6) is 0 Å². The molecule has 28 heavy (non-hydrogen) atoms. The average molecular weight is 517 g/mol. The second-order valence-corrected chi connectivity index (χ2v) is 6.97. The van der Waals surface area contributed by atoms with Gasteiger partial charge in [0.1, 0.15) is 12.4 Å². The van der Waals surface area contributed by atoms with E-state index in [4.69, 9.17) is 0 Å². The van der Waals surface area contributed by atoms with Crippen LogP contribution in [0.3, 0.4) is 0 Å². The first-order valence-electron chi connectivity index (χ1n) is 9.44. The highest BCUT2D eigenvalue weighted by Gasteiger charge is 2.32. The molecular formula is C17H31F3IN7. The highest BCUT2D eigenvalue weighted by atomic mass is 127. The number of hydrogen-bond acceptors (Lipinski definition) is 4. The third kappa shape index (κ3) is 8.50. The highest BCUT2D eigenvalue weighted by Crippen LogP contribution is 2.23. The standard InChI is InChI=1S/C17H30F3N7.HI/c1-4-21-16(23-11-15-25-24-13(2)26(15)3)22-8-5-14-6-9-27(10-7-14)12-17(18,19)20;/h14H,4-12H2,1-3H3,(H2,21,22,23);1H. The summed E-state index contributed by atoms with van der Waals surface area (Å²) in [6, 6.07) is 0. The van der Waals surface area contributed by atoms with Crippen molar-refractivity contribution in [2.24, 2.45) is 18.0 Å². The van der Waals surface area contributed by atoms with Gasteiger partial charge < -0.3 is 15.2 Å². The summed E-state index contributed by atoms with van der Waals surface area (Å²) in [5.74, 6) is 2.80. The van der Waals surface area contributed by atoms with E-state index in [9.17, 15) is 13.2 Å². The summed E-state index contributed by atoms with van der Waals surface area (Å²) in [7, 11) is 1.91. The first kappa shape index (κ1) is 24.9. The van der Waals surface area contributed by atoms with E-state index in [0.717, 1.165) is 44.0 Å². The number of halogens is 4. The lowest BCUT2D eigenvalue weighted by molar-refractivity contribution is -0.148. The molecule has 0 saturated carbocycles. The first-order chi connectivity index (χ1) is 12.8. The molecule has 162 valence electrons. The molecule has 0 unspecified atom stereocenters. The minimum absolute atomic E-state index is 0. The summed E-state index contributed by atoms with van der Waals surface area (Å²) in [5.41, 5.74) is 0. The second-order valence-electron chi connectivity index (χ2n) is 6.97. The summed E-state index contributed by atoms with van der Waals surface area (Å²) in [5, 5.41) is 14.6. The summed E-state index contributed by atoms with van der Waals surface area (Å²) in [4.78, 5) is 6.03. The fourth-order valence-corrected chi connectivity index (χ4v) is 3.16. The molecule has 2 rings (SSSR count). The first-order valence-corrected chi connectivity index (χ1v) is 9.44. The summed E-state index contributed by atoms with van der Waals surface area (Å²) < 4.78 is 39.2. The smallest absolute Gasteiger partial charge is 0.357 e. The largest absolute Gasteiger partial charge is 0.401 e. The monoisotopic (exact) mass is 517 g/mol. The Morgan fingerprint density at radius 2 is 1.89 bits per heavy atom. The van der Waals surface area contributed by atoms with Crippen molar-refractivity contribution < 1.29 is 13.2 Å². The van der Waals surface area contributed by atoms with E-state index in [1.807, 2.05) is 25.5 Å². The number of hydrogen-bond donors (Lipinski definition) is 2. The van der Waals surface area contributed by atoms with Gasteiger partial charge in [0.25, 0.3) is 0 Å². The molecule has 0 aliphatic carbocycles. The van der Waals surface area contributed by atoms with Gasteiger partial charge in [-0.2, -0.15) is 13.2 Å². The lowest BCUT2D eigenvalue weighted by Crippen LogP contribution is -2.41. The molecule has 1 saturated heterocycles. The summed E-state index contributed by atoms with van der Waals surface area (Å²) >= 11 is 0. The summed E-state index contributed by atoms with van der Waals surface area (Å²) in [6.07, 6.45) is -1.56. The van der Waals surface area contributed by atoms with E-state index in [-0.39, 0.29) is 24.0 Å². The van der Waals surface area contributed by atoms with Gasteiger partial charge in [-0.1, -0.05) is 0 Å². The molecule has 0 aromatic carbocycles. The van der Waals surface area contributed by atoms with E-state index in [2.05, 4.69) is 25.8 Å². The Bertz CT molecular complexity index is 610. The molecule has 1 aliphatic heterocycles. The zero-order valence-electron chi connectivity index (χ0n) is 16.7. The van der Waals surface area contributed by atoms with E-state index in [1.54, 1.807) is 0 Å². The quantitative estimate of drug-likeness (QED) is 0.331. The molecule has 0 amide bonds. The van der Waals surface area contributed by atoms with Gasteiger partial charge >= 0.3 is 6.18 Å². The fraction of sp³-hybridized carbons (Fsp3) is 0.824. The molecule has 1 aromatic heterocycles. The molecule has 2 heterocycles. The van der Waals surface area contributed by atoms with Crippen molar-refractivity contribution >= 4 is 29.9 Å². The van der Waals surface area contributed by atoms with Crippen molar-refractivity contribution in [2.45, 2.75) is 45.8 Å². The third-order valence-corrected chi connectivity index (χ3v) is 4.86. The molecule has 11 heteroatoms. The van der Waals surface area contributed by atoms with Crippen LogP contribution in [-0.2, 0) is 13.6 Å². The van der Waals surface area contributed by atoms with Crippen LogP contribution in [0.15, 0.2) is 4.99 Å². The Labute approximate surface area is 181 Å². The average Bonchev–Trinajstić information content (AvgIpc) is 2.92. The van der Waals surface area contributed by atoms with Crippen LogP contribution in [-0.4, -0.2) is 64.5 Å². The number of aromatic nitrogens is 3. The molecule has 0 atom stereocenters. The lowest BCUT2D eigenvalue weighted by atomic mass is 9.93. The maximum absolute atomic E-state index is 12.4. The fourth-order valence-electron chi connectivity index (χ4n) is 3.16. The Kier molecular flexibility index (Phi) is 10.5. The number of likely N-dealkylation sites (tertiary alicyclic amines) is 1. The number of rotatable bonds is 7. The van der Waals surface area contributed by atoms with Crippen molar-refractivity contribution in [3.8, 4) is 0 Å². The predicted molar refractivity (Wildman–Crippen MR) is 114 cm³/mol. The topological polar surface area (TPSA) is 70.4 Å². The van der Waals surface area contributed by atoms with E-state index in [1.165, 1.54) is 4.90 Å². The SMILES string of the molecule is CCNC(=NCc1nnc(C)n1C)NCCC1CCN(CC(F)(F)F)CC1.I. The van der Waals surface area contributed by atoms with Gasteiger partial charge in [-0.3, -0.25) is 4.90 Å². The molecule has 1 fully saturated rings. The van der Waals surface area contributed by atoms with Crippen LogP contribution in [0.4, 0.5) is 13.2 Å². The predicted octanol–water partition coefficient (Wildman–Crippen LogP) is 2.46. The van der Waals surface area contributed by atoms with Crippen LogP contribution in [0.1, 0.15) is 37.8 Å². The molecule has 2 N–H and O–H groups in total. The molecule has 0 radical (unpaired) electrons. The van der Waals surface area contributed by atoms with Gasteiger partial charge in [0.2, 0.25) is 0 Å². The molecule has 1 aliphatic rings. The van der Waals surface area contributed by atoms with Crippen LogP contribution in [0.2, 0.25) is 0 Å². The van der Waals surface area contributed by atoms with Gasteiger partial charge in [0, 0.05) is 20.1 Å². The minimum Gasteiger partial charge on any atom is -0.357 e. The van der Waals surface area contributed by atoms with Crippen molar-refractivity contribution in [1.82, 2.24) is 30.3 Å². The normalized spacial score (nSPS) is 16.7. The van der Waals surface area contributed by atoms with Gasteiger partial charge in [-0.25, -0.2) is 4.99 Å². The number of piperidine rings is 1. The van der Waals surface area contributed by atoms with Crippen molar-refractivity contribution in [1.29, 1.82) is 0 Å². The van der Waals surface area contributed by atoms with Gasteiger partial charge in [-0.15, -0.1) is 34.2 Å². The number of aliphatic imine (C=N–C) groups is 1. The molecule has 1 aromatic rings. The Balaban J connectivity index is 0.00000392. The number of nitrogens with zero attached hydrogens (tertiary/aromatic N) is 5. The number of nitrogens with one attached hydrogen (secondary N) is 2. The Morgan fingerprint density at radius 3 is 2.43 bits per heavy atom. The Hall–Kier alpha value is -1.11. The van der Waals surface area contributed by atoms with E-state index in [0.29, 0.717) is 31.5 Å². The van der Waals surface area contributed by atoms with Crippen LogP contribution in [0.25, 0.3) is 0 Å². The molecule has 0 spiro atoms. The zero-order valence-corrected chi connectivity index (χ0v) is 19.0. The van der Waals surface area contributed by atoms with Crippen LogP contribution >= 0.6 is 24.0 Å². The molecular weight excluding hydrogens is 486 g/mol. The second kappa shape index (κ2) is 11.8. The van der Waals surface area contributed by atoms with E-state index < -0.39 is 12.7 Å². The number of aryl methyl sites for hydroxylation is 1. The zero-order chi connectivity index (χ0) is 19.9. The van der Waals surface area contributed by atoms with Gasteiger partial charge in [-0.05, 0) is 52.1 Å². The maximum Gasteiger partial charge on any atom is 0.401 e. The molecule has 0 bridgehead atoms. The van der Waals surface area contributed by atoms with Crippen LogP contribution in [0, 0.1) is 12.8 Å². The lowest BCUT2D eigenvalue weighted by Gasteiger charge is -2.32. The van der Waals surface area contributed by atoms with Crippen LogP contribution < -0.4 is 10.6 Å². The molecule has 7 nitrogen and oxygen atoms in total. The van der Waals surface area contributed by atoms with Crippen molar-refractivity contribution in [3.05, 3.63) is 11.6 Å². The van der Waals surface area contributed by atoms with Gasteiger partial charge in [0.05, 0.1) is 6.54 Å². The number of guanidine groups is 1. The van der Waals surface area contributed by atoms with Crippen molar-refractivity contribution in [2.75, 3.05) is 32.7 Å². The van der Waals surface area contributed by atoms with E-state index >= 15 is 0 Å². The summed E-state index contributed by atoms with van der Waals surface area (Å²) in [6.45, 7) is 6.06. The number of alkyl halides is 3. The third-order valence-electron chi connectivity index (χ3n) is 4.86. The van der Waals surface area contributed by atoms with Gasteiger partial charge in [0.15, 0.2) is 11.8 Å².